The fourth-order valence-electron chi connectivity index (χ4n) is 2.83. The summed E-state index contributed by atoms with van der Waals surface area (Å²) in [4.78, 5) is 14.3. The standard InChI is InChI=1S/C16H23BrN2O.ClH/c1-19(12-9-13-5-7-14(17)8-6-13)15(20)16(18)10-3-2-4-11-16;/h5-8H,2-4,9-12,18H2,1H3;1H. The van der Waals surface area contributed by atoms with E-state index in [-0.39, 0.29) is 18.3 Å². The van der Waals surface area contributed by atoms with E-state index >= 15 is 0 Å². The number of carbonyl (C=O) groups excluding carboxylic acids is 1. The normalized spacial score (nSPS) is 16.9. The molecule has 1 saturated carbocycles. The Hall–Kier alpha value is -0.580. The van der Waals surface area contributed by atoms with Gasteiger partial charge in [0.25, 0.3) is 0 Å². The van der Waals surface area contributed by atoms with Crippen molar-refractivity contribution in [2.24, 2.45) is 5.73 Å². The van der Waals surface area contributed by atoms with Gasteiger partial charge in [-0.05, 0) is 37.0 Å². The number of carbonyl (C=O) groups is 1. The molecule has 3 nitrogen and oxygen atoms in total. The largest absolute Gasteiger partial charge is 0.344 e. The monoisotopic (exact) mass is 374 g/mol. The van der Waals surface area contributed by atoms with Crippen LogP contribution in [0.15, 0.2) is 28.7 Å². The van der Waals surface area contributed by atoms with E-state index in [0.29, 0.717) is 0 Å². The van der Waals surface area contributed by atoms with Crippen LogP contribution in [-0.4, -0.2) is 29.9 Å². The zero-order chi connectivity index (χ0) is 14.6. The second kappa shape index (κ2) is 8.16. The predicted octanol–water partition coefficient (Wildman–Crippen LogP) is 3.53. The first kappa shape index (κ1) is 18.5. The van der Waals surface area contributed by atoms with Crippen LogP contribution in [0.2, 0.25) is 0 Å². The average Bonchev–Trinajstić information content (AvgIpc) is 2.46. The molecule has 0 radical (unpaired) electrons. The van der Waals surface area contributed by atoms with Gasteiger partial charge in [0.1, 0.15) is 0 Å². The summed E-state index contributed by atoms with van der Waals surface area (Å²) < 4.78 is 1.08. The molecule has 1 aliphatic carbocycles. The van der Waals surface area contributed by atoms with Gasteiger partial charge in [-0.1, -0.05) is 47.3 Å². The lowest BCUT2D eigenvalue weighted by atomic mass is 9.81. The van der Waals surface area contributed by atoms with E-state index in [4.69, 9.17) is 5.73 Å². The van der Waals surface area contributed by atoms with Crippen molar-refractivity contribution in [1.82, 2.24) is 4.90 Å². The molecule has 1 amide bonds. The van der Waals surface area contributed by atoms with Gasteiger partial charge in [0.15, 0.2) is 0 Å². The van der Waals surface area contributed by atoms with Gasteiger partial charge >= 0.3 is 0 Å². The Morgan fingerprint density at radius 1 is 1.24 bits per heavy atom. The molecular weight excluding hydrogens is 352 g/mol. The van der Waals surface area contributed by atoms with Crippen molar-refractivity contribution in [2.75, 3.05) is 13.6 Å². The smallest absolute Gasteiger partial charge is 0.242 e. The molecule has 118 valence electrons. The number of nitrogens with two attached hydrogens (primary N) is 1. The summed E-state index contributed by atoms with van der Waals surface area (Å²) in [7, 11) is 1.87. The SMILES string of the molecule is CN(CCc1ccc(Br)cc1)C(=O)C1(N)CCCCC1.Cl. The Kier molecular flexibility index (Phi) is 7.17. The highest BCUT2D eigenvalue weighted by atomic mass is 79.9. The van der Waals surface area contributed by atoms with Gasteiger partial charge in [0.05, 0.1) is 5.54 Å². The maximum absolute atomic E-state index is 12.5. The molecule has 1 aromatic rings. The number of halogens is 2. The van der Waals surface area contributed by atoms with Crippen LogP contribution in [0.25, 0.3) is 0 Å². The third-order valence-corrected chi connectivity index (χ3v) is 4.70. The maximum Gasteiger partial charge on any atom is 0.242 e. The van der Waals surface area contributed by atoms with Crippen molar-refractivity contribution in [3.8, 4) is 0 Å². The summed E-state index contributed by atoms with van der Waals surface area (Å²) in [6.45, 7) is 0.722. The van der Waals surface area contributed by atoms with Gasteiger partial charge in [0, 0.05) is 18.1 Å². The minimum absolute atomic E-state index is 0. The topological polar surface area (TPSA) is 46.3 Å². The van der Waals surface area contributed by atoms with Crippen molar-refractivity contribution in [3.05, 3.63) is 34.3 Å². The van der Waals surface area contributed by atoms with Gasteiger partial charge in [-0.15, -0.1) is 12.4 Å². The molecule has 5 heteroatoms. The van der Waals surface area contributed by atoms with E-state index in [9.17, 15) is 4.79 Å². The molecule has 2 N–H and O–H groups in total. The zero-order valence-electron chi connectivity index (χ0n) is 12.5. The molecule has 0 atom stereocenters. The number of hydrogen-bond acceptors (Lipinski definition) is 2. The first-order valence-electron chi connectivity index (χ1n) is 7.30. The Labute approximate surface area is 141 Å². The fraction of sp³-hybridized carbons (Fsp3) is 0.562. The zero-order valence-corrected chi connectivity index (χ0v) is 14.9. The second-order valence-corrected chi connectivity index (χ2v) is 6.74. The molecule has 0 aromatic heterocycles. The van der Waals surface area contributed by atoms with Crippen molar-refractivity contribution < 1.29 is 4.79 Å². The van der Waals surface area contributed by atoms with Gasteiger partial charge in [0.2, 0.25) is 5.91 Å². The molecule has 1 aliphatic rings. The minimum Gasteiger partial charge on any atom is -0.344 e. The first-order valence-corrected chi connectivity index (χ1v) is 8.09. The molecule has 0 saturated heterocycles. The number of benzene rings is 1. The third-order valence-electron chi connectivity index (χ3n) is 4.17. The molecule has 0 bridgehead atoms. The Balaban J connectivity index is 0.00000220. The van der Waals surface area contributed by atoms with Crippen LogP contribution in [0.3, 0.4) is 0 Å². The van der Waals surface area contributed by atoms with Crippen molar-refractivity contribution in [2.45, 2.75) is 44.1 Å². The molecule has 2 rings (SSSR count). The van der Waals surface area contributed by atoms with Gasteiger partial charge in [-0.25, -0.2) is 0 Å². The summed E-state index contributed by atoms with van der Waals surface area (Å²) >= 11 is 3.43. The third kappa shape index (κ3) is 4.97. The van der Waals surface area contributed by atoms with Crippen molar-refractivity contribution in [1.29, 1.82) is 0 Å². The Bertz CT molecular complexity index is 458. The second-order valence-electron chi connectivity index (χ2n) is 5.82. The summed E-state index contributed by atoms with van der Waals surface area (Å²) in [5.74, 6) is 0.106. The van der Waals surface area contributed by atoms with Gasteiger partial charge in [-0.3, -0.25) is 4.79 Å². The van der Waals surface area contributed by atoms with Crippen LogP contribution in [0.4, 0.5) is 0 Å². The summed E-state index contributed by atoms with van der Waals surface area (Å²) in [5.41, 5.74) is 6.92. The predicted molar refractivity (Wildman–Crippen MR) is 92.7 cm³/mol. The van der Waals surface area contributed by atoms with Crippen molar-refractivity contribution >= 4 is 34.2 Å². The number of amides is 1. The first-order chi connectivity index (χ1) is 9.51. The van der Waals surface area contributed by atoms with Gasteiger partial charge < -0.3 is 10.6 Å². The van der Waals surface area contributed by atoms with Crippen LogP contribution in [0.5, 0.6) is 0 Å². The molecule has 0 spiro atoms. The molecule has 0 unspecified atom stereocenters. The van der Waals surface area contributed by atoms with Crippen LogP contribution < -0.4 is 5.73 Å². The maximum atomic E-state index is 12.5. The van der Waals surface area contributed by atoms with E-state index in [2.05, 4.69) is 28.1 Å². The molecule has 0 aliphatic heterocycles. The van der Waals surface area contributed by atoms with Crippen LogP contribution in [0, 0.1) is 0 Å². The van der Waals surface area contributed by atoms with Crippen LogP contribution >= 0.6 is 28.3 Å². The van der Waals surface area contributed by atoms with Crippen molar-refractivity contribution in [3.63, 3.8) is 0 Å². The number of hydrogen-bond donors (Lipinski definition) is 1. The van der Waals surface area contributed by atoms with E-state index in [1.165, 1.54) is 12.0 Å². The Morgan fingerprint density at radius 3 is 2.38 bits per heavy atom. The lowest BCUT2D eigenvalue weighted by molar-refractivity contribution is -0.136. The highest BCUT2D eigenvalue weighted by Crippen LogP contribution is 2.27. The Morgan fingerprint density at radius 2 is 1.81 bits per heavy atom. The average molecular weight is 376 g/mol. The van der Waals surface area contributed by atoms with Crippen LogP contribution in [-0.2, 0) is 11.2 Å². The minimum atomic E-state index is -0.618. The molecule has 1 aromatic carbocycles. The highest BCUT2D eigenvalue weighted by molar-refractivity contribution is 9.10. The van der Waals surface area contributed by atoms with Crippen LogP contribution in [0.1, 0.15) is 37.7 Å². The van der Waals surface area contributed by atoms with Gasteiger partial charge in [-0.2, -0.15) is 0 Å². The fourth-order valence-corrected chi connectivity index (χ4v) is 3.09. The summed E-state index contributed by atoms with van der Waals surface area (Å²) in [6, 6.07) is 8.23. The highest BCUT2D eigenvalue weighted by Gasteiger charge is 2.36. The summed E-state index contributed by atoms with van der Waals surface area (Å²) in [5, 5.41) is 0. The quantitative estimate of drug-likeness (QED) is 0.875. The van der Waals surface area contributed by atoms with E-state index < -0.39 is 5.54 Å². The van der Waals surface area contributed by atoms with E-state index in [0.717, 1.165) is 43.1 Å². The molecule has 0 heterocycles. The molecule has 21 heavy (non-hydrogen) atoms. The summed E-state index contributed by atoms with van der Waals surface area (Å²) in [6.07, 6.45) is 5.87. The van der Waals surface area contributed by atoms with E-state index in [1.54, 1.807) is 4.90 Å². The number of nitrogens with zero attached hydrogens (tertiary/aromatic N) is 1. The molecule has 1 fully saturated rings. The number of likely N-dealkylation sites (N-methyl/N-ethyl adjacent to an activating group) is 1. The van der Waals surface area contributed by atoms with E-state index in [1.807, 2.05) is 19.2 Å². The lowest BCUT2D eigenvalue weighted by Gasteiger charge is -2.35. The number of rotatable bonds is 4. The molecular formula is C16H24BrClN2O. The lowest BCUT2D eigenvalue weighted by Crippen LogP contribution is -2.55.